The van der Waals surface area contributed by atoms with E-state index in [-0.39, 0.29) is 5.78 Å². The molecule has 0 spiro atoms. The molecule has 2 heteroatoms. The molecule has 0 bridgehead atoms. The Kier molecular flexibility index (Phi) is 6.24. The molecule has 1 rings (SSSR count). The molecule has 0 amide bonds. The molecule has 0 aliphatic carbocycles. The zero-order valence-electron chi connectivity index (χ0n) is 7.82. The number of ketones is 1. The van der Waals surface area contributed by atoms with E-state index < -0.39 is 0 Å². The Morgan fingerprint density at radius 2 is 2.15 bits per heavy atom. The molecule has 70 valence electrons. The van der Waals surface area contributed by atoms with Crippen LogP contribution in [0.15, 0.2) is 48.1 Å². The number of allylic oxidation sites excluding steroid dienone is 2. The number of hydrogen-bond donors (Lipinski definition) is 0. The first-order valence-electron chi connectivity index (χ1n) is 4.05. The predicted octanol–water partition coefficient (Wildman–Crippen LogP) is 2.77. The normalized spacial score (nSPS) is 8.08. The molecule has 0 unspecified atom stereocenters. The molecule has 0 aliphatic heterocycles. The van der Waals surface area contributed by atoms with Gasteiger partial charge in [0.05, 0.1) is 6.26 Å². The van der Waals surface area contributed by atoms with Crippen molar-refractivity contribution in [3.63, 3.8) is 0 Å². The van der Waals surface area contributed by atoms with Crippen LogP contribution in [0.4, 0.5) is 0 Å². The van der Waals surface area contributed by atoms with Crippen molar-refractivity contribution in [1.29, 1.82) is 0 Å². The van der Waals surface area contributed by atoms with Gasteiger partial charge in [-0.15, -0.1) is 0 Å². The maximum absolute atomic E-state index is 9.94. The molecule has 0 fully saturated rings. The van der Waals surface area contributed by atoms with Gasteiger partial charge in [-0.05, 0) is 24.3 Å². The van der Waals surface area contributed by atoms with Gasteiger partial charge < -0.3 is 4.42 Å². The fraction of sp³-hybridized carbons (Fsp3) is 0.182. The number of aryl methyl sites for hydroxylation is 1. The molecule has 0 N–H and O–H groups in total. The quantitative estimate of drug-likeness (QED) is 0.666. The van der Waals surface area contributed by atoms with Crippen molar-refractivity contribution in [3.8, 4) is 0 Å². The molecular weight excluding hydrogens is 164 g/mol. The summed E-state index contributed by atoms with van der Waals surface area (Å²) in [5.41, 5.74) is 0. The molecule has 13 heavy (non-hydrogen) atoms. The molecular formula is C11H14O2. The van der Waals surface area contributed by atoms with E-state index in [0.29, 0.717) is 0 Å². The van der Waals surface area contributed by atoms with E-state index in [9.17, 15) is 4.79 Å². The van der Waals surface area contributed by atoms with Crippen LogP contribution >= 0.6 is 0 Å². The van der Waals surface area contributed by atoms with Crippen LogP contribution in [0, 0.1) is 0 Å². The van der Waals surface area contributed by atoms with Gasteiger partial charge in [0.2, 0.25) is 0 Å². The molecule has 0 aromatic carbocycles. The van der Waals surface area contributed by atoms with Crippen LogP contribution < -0.4 is 0 Å². The summed E-state index contributed by atoms with van der Waals surface area (Å²) < 4.78 is 4.98. The fourth-order valence-corrected chi connectivity index (χ4v) is 0.597. The lowest BCUT2D eigenvalue weighted by atomic mass is 10.4. The maximum atomic E-state index is 9.94. The maximum Gasteiger partial charge on any atom is 0.177 e. The van der Waals surface area contributed by atoms with Gasteiger partial charge in [-0.3, -0.25) is 4.79 Å². The highest BCUT2D eigenvalue weighted by Crippen LogP contribution is 1.98. The molecule has 1 aromatic heterocycles. The highest BCUT2D eigenvalue weighted by atomic mass is 16.3. The molecule has 1 aromatic rings. The average Bonchev–Trinajstić information content (AvgIpc) is 2.70. The molecule has 0 radical (unpaired) electrons. The topological polar surface area (TPSA) is 30.2 Å². The fourth-order valence-electron chi connectivity index (χ4n) is 0.597. The van der Waals surface area contributed by atoms with E-state index in [0.717, 1.165) is 12.2 Å². The number of carbonyl (C=O) groups is 1. The number of rotatable bonds is 3. The van der Waals surface area contributed by atoms with Crippen LogP contribution in [-0.2, 0) is 11.2 Å². The molecule has 2 nitrogen and oxygen atoms in total. The van der Waals surface area contributed by atoms with Gasteiger partial charge in [0.15, 0.2) is 5.78 Å². The summed E-state index contributed by atoms with van der Waals surface area (Å²) in [5.74, 6) is 0.926. The zero-order chi connectivity index (χ0) is 10.1. The van der Waals surface area contributed by atoms with Crippen molar-refractivity contribution in [2.24, 2.45) is 0 Å². The summed E-state index contributed by atoms with van der Waals surface area (Å²) in [7, 11) is 0. The molecule has 0 saturated carbocycles. The summed E-state index contributed by atoms with van der Waals surface area (Å²) in [6, 6.07) is 3.87. The van der Waals surface area contributed by atoms with Crippen LogP contribution in [-0.4, -0.2) is 5.78 Å². The van der Waals surface area contributed by atoms with Gasteiger partial charge in [0.1, 0.15) is 5.76 Å². The third-order valence-corrected chi connectivity index (χ3v) is 1.33. The highest BCUT2D eigenvalue weighted by Gasteiger charge is 1.84. The van der Waals surface area contributed by atoms with E-state index in [2.05, 4.69) is 20.1 Å². The Labute approximate surface area is 78.6 Å². The van der Waals surface area contributed by atoms with Crippen LogP contribution in [0.3, 0.4) is 0 Å². The van der Waals surface area contributed by atoms with Crippen molar-refractivity contribution in [2.75, 3.05) is 0 Å². The van der Waals surface area contributed by atoms with Gasteiger partial charge in [-0.25, -0.2) is 0 Å². The van der Waals surface area contributed by atoms with Crippen molar-refractivity contribution in [1.82, 2.24) is 0 Å². The molecule has 0 aliphatic rings. The lowest BCUT2D eigenvalue weighted by Crippen LogP contribution is -1.78. The van der Waals surface area contributed by atoms with E-state index >= 15 is 0 Å². The first-order chi connectivity index (χ1) is 6.24. The minimum absolute atomic E-state index is 0.130. The van der Waals surface area contributed by atoms with Crippen molar-refractivity contribution >= 4 is 5.78 Å². The van der Waals surface area contributed by atoms with Gasteiger partial charge in [-0.1, -0.05) is 20.1 Å². The Bertz CT molecular complexity index is 248. The van der Waals surface area contributed by atoms with Crippen LogP contribution in [0.2, 0.25) is 0 Å². The van der Waals surface area contributed by atoms with Crippen molar-refractivity contribution in [2.45, 2.75) is 13.3 Å². The summed E-state index contributed by atoms with van der Waals surface area (Å²) in [6.07, 6.45) is 5.12. The van der Waals surface area contributed by atoms with Gasteiger partial charge in [0, 0.05) is 6.42 Å². The van der Waals surface area contributed by atoms with Crippen molar-refractivity contribution < 1.29 is 9.21 Å². The Morgan fingerprint density at radius 1 is 1.54 bits per heavy atom. The molecule has 1 heterocycles. The van der Waals surface area contributed by atoms with E-state index in [4.69, 9.17) is 4.42 Å². The molecule has 0 atom stereocenters. The summed E-state index contributed by atoms with van der Waals surface area (Å²) in [5, 5.41) is 0. The number of carbonyl (C=O) groups excluding carboxylic acids is 1. The first kappa shape index (κ1) is 11.4. The van der Waals surface area contributed by atoms with Crippen LogP contribution in [0.1, 0.15) is 12.7 Å². The SMILES string of the molecule is C=CC(=O)C=C.CCc1ccco1. The Hall–Kier alpha value is -1.57. The predicted molar refractivity (Wildman–Crippen MR) is 53.5 cm³/mol. The van der Waals surface area contributed by atoms with Crippen LogP contribution in [0.5, 0.6) is 0 Å². The minimum Gasteiger partial charge on any atom is -0.469 e. The number of furan rings is 1. The van der Waals surface area contributed by atoms with Crippen molar-refractivity contribution in [3.05, 3.63) is 49.5 Å². The Balaban J connectivity index is 0.000000226. The minimum atomic E-state index is -0.130. The average molecular weight is 178 g/mol. The second kappa shape index (κ2) is 7.10. The second-order valence-corrected chi connectivity index (χ2v) is 2.24. The molecule has 0 saturated heterocycles. The summed E-state index contributed by atoms with van der Waals surface area (Å²) >= 11 is 0. The van der Waals surface area contributed by atoms with Gasteiger partial charge in [-0.2, -0.15) is 0 Å². The van der Waals surface area contributed by atoms with E-state index in [1.54, 1.807) is 6.26 Å². The smallest absolute Gasteiger partial charge is 0.177 e. The van der Waals surface area contributed by atoms with E-state index in [1.807, 2.05) is 12.1 Å². The lowest BCUT2D eigenvalue weighted by molar-refractivity contribution is -0.110. The third kappa shape index (κ3) is 5.67. The monoisotopic (exact) mass is 178 g/mol. The summed E-state index contributed by atoms with van der Waals surface area (Å²) in [6.45, 7) is 8.49. The van der Waals surface area contributed by atoms with Gasteiger partial charge >= 0.3 is 0 Å². The second-order valence-electron chi connectivity index (χ2n) is 2.24. The standard InChI is InChI=1S/C6H8O.C5H6O/c1-2-6-4-3-5-7-6;1-3-5(6)4-2/h3-5H,2H2,1H3;3-4H,1-2H2. The van der Waals surface area contributed by atoms with Gasteiger partial charge in [0.25, 0.3) is 0 Å². The first-order valence-corrected chi connectivity index (χ1v) is 4.05. The van der Waals surface area contributed by atoms with Crippen LogP contribution in [0.25, 0.3) is 0 Å². The zero-order valence-corrected chi connectivity index (χ0v) is 7.82. The lowest BCUT2D eigenvalue weighted by Gasteiger charge is -1.79. The summed E-state index contributed by atoms with van der Waals surface area (Å²) in [4.78, 5) is 9.94. The largest absolute Gasteiger partial charge is 0.469 e. The Morgan fingerprint density at radius 3 is 2.31 bits per heavy atom. The number of hydrogen-bond acceptors (Lipinski definition) is 2. The highest BCUT2D eigenvalue weighted by molar-refractivity contribution is 5.98. The van der Waals surface area contributed by atoms with E-state index in [1.165, 1.54) is 12.2 Å². The third-order valence-electron chi connectivity index (χ3n) is 1.33.